The minimum atomic E-state index is -4.61. The fourth-order valence-electron chi connectivity index (χ4n) is 2.69. The summed E-state index contributed by atoms with van der Waals surface area (Å²) in [5.74, 6) is -1.11. The predicted molar refractivity (Wildman–Crippen MR) is 81.6 cm³/mol. The number of hydrogen-bond acceptors (Lipinski definition) is 3. The molecule has 0 spiro atoms. The molecule has 0 bridgehead atoms. The molecule has 1 aromatic carbocycles. The van der Waals surface area contributed by atoms with Crippen molar-refractivity contribution < 1.29 is 18.0 Å². The zero-order chi connectivity index (χ0) is 17.3. The van der Waals surface area contributed by atoms with Gasteiger partial charge in [-0.15, -0.1) is 0 Å². The number of rotatable bonds is 2. The van der Waals surface area contributed by atoms with Gasteiger partial charge in [-0.05, 0) is 17.2 Å². The monoisotopic (exact) mass is 337 g/mol. The maximum absolute atomic E-state index is 12.7. The molecule has 1 aliphatic rings. The molecule has 1 unspecified atom stereocenters. The molecule has 0 fully saturated rings. The van der Waals surface area contributed by atoms with Crippen molar-refractivity contribution in [3.05, 3.63) is 63.6 Å². The number of nitrogens with one attached hydrogen (secondary N) is 3. The van der Waals surface area contributed by atoms with E-state index in [1.54, 1.807) is 12.1 Å². The largest absolute Gasteiger partial charge is 0.417 e. The van der Waals surface area contributed by atoms with Crippen molar-refractivity contribution in [1.29, 1.82) is 0 Å². The second-order valence-electron chi connectivity index (χ2n) is 5.50. The van der Waals surface area contributed by atoms with Crippen molar-refractivity contribution in [2.75, 3.05) is 11.9 Å². The number of amides is 1. The van der Waals surface area contributed by atoms with Crippen molar-refractivity contribution in [3.8, 4) is 0 Å². The lowest BCUT2D eigenvalue weighted by Gasteiger charge is -2.25. The van der Waals surface area contributed by atoms with Gasteiger partial charge < -0.3 is 15.6 Å². The van der Waals surface area contributed by atoms with Gasteiger partial charge in [0.1, 0.15) is 5.69 Å². The Hall–Kier alpha value is -2.61. The highest BCUT2D eigenvalue weighted by Gasteiger charge is 2.32. The first-order chi connectivity index (χ1) is 11.4. The molecule has 24 heavy (non-hydrogen) atoms. The molecule has 1 aromatic heterocycles. The van der Waals surface area contributed by atoms with E-state index < -0.39 is 34.8 Å². The van der Waals surface area contributed by atoms with Crippen LogP contribution in [0.25, 0.3) is 0 Å². The molecule has 0 saturated heterocycles. The Bertz CT molecular complexity index is 830. The predicted octanol–water partition coefficient (Wildman–Crippen LogP) is 2.22. The summed E-state index contributed by atoms with van der Waals surface area (Å²) in [5.41, 5.74) is -0.482. The molecule has 0 radical (unpaired) electrons. The molecule has 3 N–H and O–H groups in total. The van der Waals surface area contributed by atoms with Gasteiger partial charge in [0.05, 0.1) is 11.5 Å². The van der Waals surface area contributed by atoms with Crippen LogP contribution < -0.4 is 16.2 Å². The van der Waals surface area contributed by atoms with Crippen molar-refractivity contribution in [1.82, 2.24) is 10.3 Å². The third kappa shape index (κ3) is 3.18. The minimum absolute atomic E-state index is 0.347. The van der Waals surface area contributed by atoms with Gasteiger partial charge in [0, 0.05) is 19.3 Å². The van der Waals surface area contributed by atoms with Crippen molar-refractivity contribution >= 4 is 11.6 Å². The van der Waals surface area contributed by atoms with E-state index in [4.69, 9.17) is 0 Å². The first-order valence-electron chi connectivity index (χ1n) is 7.25. The number of benzene rings is 1. The van der Waals surface area contributed by atoms with E-state index in [1.807, 2.05) is 17.1 Å². The maximum atomic E-state index is 12.7. The summed E-state index contributed by atoms with van der Waals surface area (Å²) in [6.07, 6.45) is -4.03. The van der Waals surface area contributed by atoms with Crippen LogP contribution in [0.5, 0.6) is 0 Å². The van der Waals surface area contributed by atoms with Gasteiger partial charge in [0.15, 0.2) is 0 Å². The molecule has 1 aliphatic heterocycles. The zero-order valence-corrected chi connectivity index (χ0v) is 12.4. The summed E-state index contributed by atoms with van der Waals surface area (Å²) < 4.78 is 38.2. The SMILES string of the molecule is O=C(Nc1cc(C(F)(F)F)c[nH]c1=O)C1CNCc2ccccc21. The van der Waals surface area contributed by atoms with Crippen LogP contribution in [0.1, 0.15) is 22.6 Å². The number of alkyl halides is 3. The minimum Gasteiger partial charge on any atom is -0.327 e. The Labute approximate surface area is 134 Å². The third-order valence-electron chi connectivity index (χ3n) is 3.90. The molecule has 1 atom stereocenters. The van der Waals surface area contributed by atoms with Crippen LogP contribution in [0.15, 0.2) is 41.3 Å². The van der Waals surface area contributed by atoms with E-state index in [2.05, 4.69) is 10.6 Å². The standard InChI is InChI=1S/C16H14F3N3O2/c17-16(18,19)10-5-13(15(24)21-7-10)22-14(23)12-8-20-6-9-3-1-2-4-11(9)12/h1-5,7,12,20H,6,8H2,(H,21,24)(H,22,23). The highest BCUT2D eigenvalue weighted by molar-refractivity contribution is 5.96. The first kappa shape index (κ1) is 16.3. The molecular formula is C16H14F3N3O2. The van der Waals surface area contributed by atoms with Gasteiger partial charge in [0.2, 0.25) is 5.91 Å². The number of pyridine rings is 1. The Morgan fingerprint density at radius 2 is 2.00 bits per heavy atom. The maximum Gasteiger partial charge on any atom is 0.417 e. The van der Waals surface area contributed by atoms with E-state index in [0.717, 1.165) is 11.1 Å². The summed E-state index contributed by atoms with van der Waals surface area (Å²) in [6, 6.07) is 7.95. The first-order valence-corrected chi connectivity index (χ1v) is 7.25. The van der Waals surface area contributed by atoms with E-state index in [9.17, 15) is 22.8 Å². The molecule has 8 heteroatoms. The molecule has 3 rings (SSSR count). The van der Waals surface area contributed by atoms with Crippen molar-refractivity contribution in [3.63, 3.8) is 0 Å². The number of hydrogen-bond donors (Lipinski definition) is 3. The number of fused-ring (bicyclic) bond motifs is 1. The second-order valence-corrected chi connectivity index (χ2v) is 5.50. The van der Waals surface area contributed by atoms with E-state index >= 15 is 0 Å². The summed E-state index contributed by atoms with van der Waals surface area (Å²) in [7, 11) is 0. The average molecular weight is 337 g/mol. The van der Waals surface area contributed by atoms with Crippen LogP contribution in [0.2, 0.25) is 0 Å². The van der Waals surface area contributed by atoms with E-state index in [1.165, 1.54) is 0 Å². The summed E-state index contributed by atoms with van der Waals surface area (Å²) in [5, 5.41) is 5.39. The highest BCUT2D eigenvalue weighted by atomic mass is 19.4. The van der Waals surface area contributed by atoms with Gasteiger partial charge in [-0.1, -0.05) is 24.3 Å². The van der Waals surface area contributed by atoms with Gasteiger partial charge in [0.25, 0.3) is 5.56 Å². The number of anilines is 1. The lowest BCUT2D eigenvalue weighted by atomic mass is 9.90. The molecule has 2 heterocycles. The van der Waals surface area contributed by atoms with Crippen molar-refractivity contribution in [2.24, 2.45) is 0 Å². The summed E-state index contributed by atoms with van der Waals surface area (Å²) >= 11 is 0. The number of aromatic nitrogens is 1. The topological polar surface area (TPSA) is 74.0 Å². The third-order valence-corrected chi connectivity index (χ3v) is 3.90. The van der Waals surface area contributed by atoms with Crippen LogP contribution in [0.3, 0.4) is 0 Å². The second kappa shape index (κ2) is 6.12. The number of carbonyl (C=O) groups excluding carboxylic acids is 1. The fraction of sp³-hybridized carbons (Fsp3) is 0.250. The smallest absolute Gasteiger partial charge is 0.327 e. The highest BCUT2D eigenvalue weighted by Crippen LogP contribution is 2.30. The van der Waals surface area contributed by atoms with Gasteiger partial charge >= 0.3 is 6.18 Å². The van der Waals surface area contributed by atoms with Crippen LogP contribution in [-0.2, 0) is 17.5 Å². The zero-order valence-electron chi connectivity index (χ0n) is 12.4. The van der Waals surface area contributed by atoms with E-state index in [0.29, 0.717) is 25.4 Å². The number of aromatic amines is 1. The lowest BCUT2D eigenvalue weighted by molar-refractivity contribution is -0.137. The molecule has 0 aliphatic carbocycles. The molecular weight excluding hydrogens is 323 g/mol. The molecule has 5 nitrogen and oxygen atoms in total. The normalized spacial score (nSPS) is 17.2. The molecule has 126 valence electrons. The summed E-state index contributed by atoms with van der Waals surface area (Å²) in [6.45, 7) is 0.962. The lowest BCUT2D eigenvalue weighted by Crippen LogP contribution is -2.36. The quantitative estimate of drug-likeness (QED) is 0.787. The number of carbonyl (C=O) groups is 1. The molecule has 1 amide bonds. The summed E-state index contributed by atoms with van der Waals surface area (Å²) in [4.78, 5) is 26.2. The van der Waals surface area contributed by atoms with E-state index in [-0.39, 0.29) is 0 Å². The fourth-order valence-corrected chi connectivity index (χ4v) is 2.69. The molecule has 2 aromatic rings. The number of H-pyrrole nitrogens is 1. The Morgan fingerprint density at radius 1 is 1.25 bits per heavy atom. The van der Waals surface area contributed by atoms with Gasteiger partial charge in [-0.2, -0.15) is 13.2 Å². The number of halogens is 3. The van der Waals surface area contributed by atoms with Crippen LogP contribution in [0, 0.1) is 0 Å². The molecule has 0 saturated carbocycles. The van der Waals surface area contributed by atoms with Crippen LogP contribution in [0.4, 0.5) is 18.9 Å². The van der Waals surface area contributed by atoms with Gasteiger partial charge in [-0.3, -0.25) is 9.59 Å². The Kier molecular flexibility index (Phi) is 4.15. The van der Waals surface area contributed by atoms with Gasteiger partial charge in [-0.25, -0.2) is 0 Å². The van der Waals surface area contributed by atoms with Crippen LogP contribution >= 0.6 is 0 Å². The Morgan fingerprint density at radius 3 is 2.75 bits per heavy atom. The average Bonchev–Trinajstić information content (AvgIpc) is 2.55. The van der Waals surface area contributed by atoms with Crippen LogP contribution in [-0.4, -0.2) is 17.4 Å². The Balaban J connectivity index is 1.88. The van der Waals surface area contributed by atoms with Crippen molar-refractivity contribution in [2.45, 2.75) is 18.6 Å².